The number of pyridine rings is 1. The molecule has 1 unspecified atom stereocenters. The molecule has 2 aromatic rings. The van der Waals surface area contributed by atoms with Crippen LogP contribution >= 0.6 is 0 Å². The molecule has 21 heavy (non-hydrogen) atoms. The molecule has 0 radical (unpaired) electrons. The fraction of sp³-hybridized carbons (Fsp3) is 0.438. The first-order valence-electron chi connectivity index (χ1n) is 7.16. The summed E-state index contributed by atoms with van der Waals surface area (Å²) in [5.41, 5.74) is 2.99. The zero-order valence-corrected chi connectivity index (χ0v) is 12.2. The standard InChI is InChI=1S/C16H19F2N3/c1-11-6-12(9-21(8-11)10-16(2,17)18)14-7-20-15-13(14)4-3-5-19-15/h3-7,11H,8-10H2,1-2H3,(H,19,20). The quantitative estimate of drug-likeness (QED) is 0.937. The number of alkyl halides is 2. The monoisotopic (exact) mass is 291 g/mol. The third-order valence-corrected chi connectivity index (χ3v) is 3.72. The summed E-state index contributed by atoms with van der Waals surface area (Å²) in [4.78, 5) is 9.25. The lowest BCUT2D eigenvalue weighted by Crippen LogP contribution is -2.40. The minimum absolute atomic E-state index is 0.199. The molecule has 5 heteroatoms. The summed E-state index contributed by atoms with van der Waals surface area (Å²) in [6.07, 6.45) is 5.84. The van der Waals surface area contributed by atoms with Crippen molar-refractivity contribution in [3.05, 3.63) is 36.2 Å². The van der Waals surface area contributed by atoms with E-state index in [1.807, 2.05) is 23.2 Å². The predicted octanol–water partition coefficient (Wildman–Crippen LogP) is 3.55. The lowest BCUT2D eigenvalue weighted by molar-refractivity contribution is -0.0137. The van der Waals surface area contributed by atoms with Gasteiger partial charge in [-0.25, -0.2) is 13.8 Å². The zero-order valence-electron chi connectivity index (χ0n) is 12.2. The lowest BCUT2D eigenvalue weighted by Gasteiger charge is -2.32. The van der Waals surface area contributed by atoms with Crippen molar-refractivity contribution in [1.82, 2.24) is 14.9 Å². The van der Waals surface area contributed by atoms with Crippen molar-refractivity contribution in [2.75, 3.05) is 19.6 Å². The van der Waals surface area contributed by atoms with Gasteiger partial charge in [0.15, 0.2) is 0 Å². The summed E-state index contributed by atoms with van der Waals surface area (Å²) in [5.74, 6) is -2.40. The Labute approximate surface area is 122 Å². The maximum Gasteiger partial charge on any atom is 0.257 e. The highest BCUT2D eigenvalue weighted by atomic mass is 19.3. The van der Waals surface area contributed by atoms with Gasteiger partial charge in [0.05, 0.1) is 6.54 Å². The predicted molar refractivity (Wildman–Crippen MR) is 80.3 cm³/mol. The number of hydrogen-bond donors (Lipinski definition) is 1. The molecule has 0 amide bonds. The fourth-order valence-corrected chi connectivity index (χ4v) is 3.07. The molecule has 0 aromatic carbocycles. The van der Waals surface area contributed by atoms with E-state index in [1.54, 1.807) is 6.20 Å². The minimum atomic E-state index is -2.66. The van der Waals surface area contributed by atoms with Crippen LogP contribution < -0.4 is 0 Å². The highest BCUT2D eigenvalue weighted by molar-refractivity contribution is 5.91. The van der Waals surface area contributed by atoms with Crippen LogP contribution in [0.5, 0.6) is 0 Å². The van der Waals surface area contributed by atoms with Gasteiger partial charge in [0, 0.05) is 43.4 Å². The molecule has 0 aliphatic carbocycles. The fourth-order valence-electron chi connectivity index (χ4n) is 3.07. The summed E-state index contributed by atoms with van der Waals surface area (Å²) in [6, 6.07) is 3.90. The maximum absolute atomic E-state index is 13.3. The van der Waals surface area contributed by atoms with Gasteiger partial charge in [0.25, 0.3) is 5.92 Å². The summed E-state index contributed by atoms with van der Waals surface area (Å²) in [5, 5.41) is 1.04. The summed E-state index contributed by atoms with van der Waals surface area (Å²) < 4.78 is 26.6. The zero-order chi connectivity index (χ0) is 15.0. The van der Waals surface area contributed by atoms with E-state index in [1.165, 1.54) is 0 Å². The number of aromatic amines is 1. The average molecular weight is 291 g/mol. The number of aromatic nitrogens is 2. The molecule has 112 valence electrons. The Bertz CT molecular complexity index is 669. The van der Waals surface area contributed by atoms with Gasteiger partial charge in [-0.3, -0.25) is 4.90 Å². The molecule has 0 spiro atoms. The summed E-state index contributed by atoms with van der Waals surface area (Å²) in [6.45, 7) is 4.07. The highest BCUT2D eigenvalue weighted by Crippen LogP contribution is 2.29. The molecule has 3 heterocycles. The van der Waals surface area contributed by atoms with Crippen LogP contribution in [0.25, 0.3) is 16.6 Å². The number of halogens is 2. The van der Waals surface area contributed by atoms with Gasteiger partial charge in [0.2, 0.25) is 0 Å². The van der Waals surface area contributed by atoms with Crippen LogP contribution in [-0.4, -0.2) is 40.4 Å². The van der Waals surface area contributed by atoms with Gasteiger partial charge in [-0.2, -0.15) is 0 Å². The molecule has 3 nitrogen and oxygen atoms in total. The van der Waals surface area contributed by atoms with Gasteiger partial charge in [-0.15, -0.1) is 0 Å². The molecule has 1 N–H and O–H groups in total. The first-order valence-corrected chi connectivity index (χ1v) is 7.16. The van der Waals surface area contributed by atoms with E-state index in [-0.39, 0.29) is 12.5 Å². The van der Waals surface area contributed by atoms with E-state index in [0.29, 0.717) is 13.1 Å². The smallest absolute Gasteiger partial charge is 0.257 e. The van der Waals surface area contributed by atoms with E-state index in [4.69, 9.17) is 0 Å². The number of hydrogen-bond acceptors (Lipinski definition) is 2. The third-order valence-electron chi connectivity index (χ3n) is 3.72. The van der Waals surface area contributed by atoms with Crippen LogP contribution in [0.15, 0.2) is 30.6 Å². The molecule has 0 saturated carbocycles. The first-order chi connectivity index (χ1) is 9.92. The highest BCUT2D eigenvalue weighted by Gasteiger charge is 2.29. The Kier molecular flexibility index (Phi) is 3.53. The largest absolute Gasteiger partial charge is 0.346 e. The Hall–Kier alpha value is -1.75. The van der Waals surface area contributed by atoms with Gasteiger partial charge >= 0.3 is 0 Å². The molecular weight excluding hydrogens is 272 g/mol. The number of fused-ring (bicyclic) bond motifs is 1. The van der Waals surface area contributed by atoms with Crippen LogP contribution in [0.3, 0.4) is 0 Å². The van der Waals surface area contributed by atoms with Crippen molar-refractivity contribution < 1.29 is 8.78 Å². The lowest BCUT2D eigenvalue weighted by atomic mass is 9.96. The molecule has 3 rings (SSSR count). The number of nitrogens with zero attached hydrogens (tertiary/aromatic N) is 2. The average Bonchev–Trinajstić information content (AvgIpc) is 2.79. The second-order valence-electron chi connectivity index (χ2n) is 6.01. The van der Waals surface area contributed by atoms with Crippen molar-refractivity contribution in [2.45, 2.75) is 19.8 Å². The SMILES string of the molecule is CC1C=C(c2c[nH]c3ncccc23)CN(CC(C)(F)F)C1. The van der Waals surface area contributed by atoms with Crippen LogP contribution in [0.1, 0.15) is 19.4 Å². The summed E-state index contributed by atoms with van der Waals surface area (Å²) in [7, 11) is 0. The second kappa shape index (κ2) is 5.22. The van der Waals surface area contributed by atoms with Crippen LogP contribution in [-0.2, 0) is 0 Å². The Balaban J connectivity index is 1.91. The van der Waals surface area contributed by atoms with Crippen molar-refractivity contribution in [3.8, 4) is 0 Å². The van der Waals surface area contributed by atoms with Crippen LogP contribution in [0, 0.1) is 5.92 Å². The van der Waals surface area contributed by atoms with Gasteiger partial charge in [-0.1, -0.05) is 13.0 Å². The molecular formula is C16H19F2N3. The minimum Gasteiger partial charge on any atom is -0.346 e. The van der Waals surface area contributed by atoms with Gasteiger partial charge < -0.3 is 4.98 Å². The maximum atomic E-state index is 13.3. The Morgan fingerprint density at radius 2 is 2.29 bits per heavy atom. The van der Waals surface area contributed by atoms with Crippen molar-refractivity contribution >= 4 is 16.6 Å². The van der Waals surface area contributed by atoms with Crippen molar-refractivity contribution in [2.24, 2.45) is 5.92 Å². The number of rotatable bonds is 3. The van der Waals surface area contributed by atoms with Crippen molar-refractivity contribution in [3.63, 3.8) is 0 Å². The van der Waals surface area contributed by atoms with E-state index in [9.17, 15) is 8.78 Å². The Morgan fingerprint density at radius 3 is 3.05 bits per heavy atom. The first kappa shape index (κ1) is 14.2. The van der Waals surface area contributed by atoms with E-state index in [0.717, 1.165) is 29.1 Å². The molecule has 2 aromatic heterocycles. The number of nitrogens with one attached hydrogen (secondary N) is 1. The molecule has 0 saturated heterocycles. The summed E-state index contributed by atoms with van der Waals surface area (Å²) >= 11 is 0. The topological polar surface area (TPSA) is 31.9 Å². The molecule has 0 bridgehead atoms. The van der Waals surface area contributed by atoms with Gasteiger partial charge in [-0.05, 0) is 23.6 Å². The van der Waals surface area contributed by atoms with Crippen molar-refractivity contribution in [1.29, 1.82) is 0 Å². The van der Waals surface area contributed by atoms with Crippen LogP contribution in [0.2, 0.25) is 0 Å². The molecule has 1 aliphatic rings. The van der Waals surface area contributed by atoms with E-state index in [2.05, 4.69) is 23.0 Å². The molecule has 1 aliphatic heterocycles. The third kappa shape index (κ3) is 3.13. The molecule has 1 atom stereocenters. The second-order valence-corrected chi connectivity index (χ2v) is 6.01. The van der Waals surface area contributed by atoms with E-state index >= 15 is 0 Å². The van der Waals surface area contributed by atoms with Gasteiger partial charge in [0.1, 0.15) is 5.65 Å². The van der Waals surface area contributed by atoms with E-state index < -0.39 is 5.92 Å². The normalized spacial score (nSPS) is 20.8. The molecule has 0 fully saturated rings. The Morgan fingerprint density at radius 1 is 1.48 bits per heavy atom. The number of H-pyrrole nitrogens is 1. The van der Waals surface area contributed by atoms with Crippen LogP contribution in [0.4, 0.5) is 8.78 Å².